The van der Waals surface area contributed by atoms with E-state index < -0.39 is 29.6 Å². The molecule has 2 N–H and O–H groups in total. The summed E-state index contributed by atoms with van der Waals surface area (Å²) in [7, 11) is 0. The minimum Gasteiger partial charge on any atom is -0.475 e. The number of hydrogen-bond acceptors (Lipinski definition) is 4. The molecule has 0 radical (unpaired) electrons. The summed E-state index contributed by atoms with van der Waals surface area (Å²) in [6.45, 7) is 1.41. The molecule has 27 heavy (non-hydrogen) atoms. The van der Waals surface area contributed by atoms with E-state index in [1.165, 1.54) is 4.90 Å². The number of amides is 1. The van der Waals surface area contributed by atoms with Crippen LogP contribution in [0.1, 0.15) is 25.7 Å². The molecule has 156 valence electrons. The third kappa shape index (κ3) is 4.84. The number of nitrogens with zero attached hydrogens (tertiary/aromatic N) is 1. The zero-order valence-electron chi connectivity index (χ0n) is 14.3. The normalized spacial score (nSPS) is 24.0. The zero-order valence-corrected chi connectivity index (χ0v) is 14.3. The molecule has 1 aliphatic carbocycles. The summed E-state index contributed by atoms with van der Waals surface area (Å²) in [5.41, 5.74) is -2.54. The van der Waals surface area contributed by atoms with Gasteiger partial charge < -0.3 is 20.1 Å². The standard InChI is InChI=1S/C13H19F3N2O2.C2HF3O2/c14-13(15,16)12(3-5-17-6-4-12)10(19)18-7-8-20-11(9-18)1-2-11;3-2(4,5)1(6)7/h17H,1-9H2;(H,6,7). The van der Waals surface area contributed by atoms with Crippen LogP contribution in [-0.2, 0) is 14.3 Å². The highest BCUT2D eigenvalue weighted by atomic mass is 19.4. The first-order valence-corrected chi connectivity index (χ1v) is 8.34. The van der Waals surface area contributed by atoms with Crippen molar-refractivity contribution < 1.29 is 45.8 Å². The number of rotatable bonds is 1. The van der Waals surface area contributed by atoms with Gasteiger partial charge in [0.2, 0.25) is 5.91 Å². The molecule has 6 nitrogen and oxygen atoms in total. The fraction of sp³-hybridized carbons (Fsp3) is 0.867. The molecule has 12 heteroatoms. The van der Waals surface area contributed by atoms with Crippen LogP contribution >= 0.6 is 0 Å². The highest BCUT2D eigenvalue weighted by Gasteiger charge is 2.62. The van der Waals surface area contributed by atoms with Gasteiger partial charge in [-0.15, -0.1) is 0 Å². The fourth-order valence-electron chi connectivity index (χ4n) is 3.23. The Hall–Kier alpha value is -1.56. The predicted octanol–water partition coefficient (Wildman–Crippen LogP) is 1.94. The molecule has 1 amide bonds. The Bertz CT molecular complexity index is 568. The molecular formula is C15H20F6N2O4. The van der Waals surface area contributed by atoms with Crippen LogP contribution in [0.4, 0.5) is 26.3 Å². The molecule has 3 aliphatic rings. The third-order valence-electron chi connectivity index (χ3n) is 4.99. The van der Waals surface area contributed by atoms with E-state index in [1.807, 2.05) is 0 Å². The van der Waals surface area contributed by atoms with Crippen LogP contribution in [0.2, 0.25) is 0 Å². The number of carboxylic acids is 1. The number of nitrogens with one attached hydrogen (secondary N) is 1. The van der Waals surface area contributed by atoms with Gasteiger partial charge in [-0.3, -0.25) is 4.79 Å². The molecule has 0 bridgehead atoms. The minimum atomic E-state index is -5.08. The second kappa shape index (κ2) is 7.46. The van der Waals surface area contributed by atoms with Crippen molar-refractivity contribution in [2.24, 2.45) is 5.41 Å². The first-order valence-electron chi connectivity index (χ1n) is 8.34. The molecule has 1 spiro atoms. The maximum Gasteiger partial charge on any atom is 0.490 e. The molecule has 0 aromatic carbocycles. The van der Waals surface area contributed by atoms with Crippen molar-refractivity contribution in [2.75, 3.05) is 32.8 Å². The molecule has 0 unspecified atom stereocenters. The van der Waals surface area contributed by atoms with Crippen molar-refractivity contribution in [3.63, 3.8) is 0 Å². The molecule has 3 fully saturated rings. The van der Waals surface area contributed by atoms with Crippen molar-refractivity contribution in [1.82, 2.24) is 10.2 Å². The van der Waals surface area contributed by atoms with Gasteiger partial charge in [-0.25, -0.2) is 4.79 Å². The lowest BCUT2D eigenvalue weighted by Crippen LogP contribution is -2.59. The van der Waals surface area contributed by atoms with Gasteiger partial charge in [0.15, 0.2) is 0 Å². The molecule has 2 heterocycles. The van der Waals surface area contributed by atoms with E-state index in [-0.39, 0.29) is 38.1 Å². The average Bonchev–Trinajstić information content (AvgIpc) is 3.32. The molecule has 2 saturated heterocycles. The SMILES string of the molecule is O=C(N1CCOC2(CC2)C1)C1(C(F)(F)F)CCNCC1.O=C(O)C(F)(F)F. The molecule has 0 aromatic heterocycles. The van der Waals surface area contributed by atoms with E-state index in [4.69, 9.17) is 14.6 Å². The van der Waals surface area contributed by atoms with E-state index in [0.29, 0.717) is 13.2 Å². The lowest BCUT2D eigenvalue weighted by molar-refractivity contribution is -0.236. The van der Waals surface area contributed by atoms with E-state index in [9.17, 15) is 31.1 Å². The number of piperidine rings is 1. The van der Waals surface area contributed by atoms with Gasteiger partial charge in [0.1, 0.15) is 5.41 Å². The number of carbonyl (C=O) groups is 2. The number of alkyl halides is 6. The number of ether oxygens (including phenoxy) is 1. The van der Waals surface area contributed by atoms with Crippen LogP contribution in [0.3, 0.4) is 0 Å². The molecule has 0 atom stereocenters. The molecule has 2 aliphatic heterocycles. The summed E-state index contributed by atoms with van der Waals surface area (Å²) in [6, 6.07) is 0. The van der Waals surface area contributed by atoms with Gasteiger partial charge in [0, 0.05) is 13.1 Å². The van der Waals surface area contributed by atoms with Crippen molar-refractivity contribution in [2.45, 2.75) is 43.6 Å². The summed E-state index contributed by atoms with van der Waals surface area (Å²) >= 11 is 0. The van der Waals surface area contributed by atoms with Crippen LogP contribution in [0.25, 0.3) is 0 Å². The van der Waals surface area contributed by atoms with Gasteiger partial charge in [-0.2, -0.15) is 26.3 Å². The Kier molecular flexibility index (Phi) is 6.00. The number of morpholine rings is 1. The summed E-state index contributed by atoms with van der Waals surface area (Å²) in [4.78, 5) is 22.8. The quantitative estimate of drug-likeness (QED) is 0.651. The predicted molar refractivity (Wildman–Crippen MR) is 78.8 cm³/mol. The summed E-state index contributed by atoms with van der Waals surface area (Å²) < 4.78 is 77.8. The Balaban J connectivity index is 0.000000321. The number of aliphatic carboxylic acids is 1. The minimum absolute atomic E-state index is 0.167. The van der Waals surface area contributed by atoms with Crippen molar-refractivity contribution in [1.29, 1.82) is 0 Å². The van der Waals surface area contributed by atoms with Crippen molar-refractivity contribution >= 4 is 11.9 Å². The topological polar surface area (TPSA) is 78.9 Å². The lowest BCUT2D eigenvalue weighted by atomic mass is 9.76. The highest BCUT2D eigenvalue weighted by molar-refractivity contribution is 5.84. The molecule has 0 aromatic rings. The Morgan fingerprint density at radius 3 is 1.93 bits per heavy atom. The highest BCUT2D eigenvalue weighted by Crippen LogP contribution is 2.48. The fourth-order valence-corrected chi connectivity index (χ4v) is 3.23. The largest absolute Gasteiger partial charge is 0.490 e. The Morgan fingerprint density at radius 2 is 1.52 bits per heavy atom. The van der Waals surface area contributed by atoms with E-state index in [2.05, 4.69) is 5.32 Å². The van der Waals surface area contributed by atoms with E-state index in [0.717, 1.165) is 12.8 Å². The average molecular weight is 406 g/mol. The van der Waals surface area contributed by atoms with E-state index in [1.54, 1.807) is 0 Å². The lowest BCUT2D eigenvalue weighted by Gasteiger charge is -2.43. The maximum absolute atomic E-state index is 13.5. The van der Waals surface area contributed by atoms with Gasteiger partial charge in [0.25, 0.3) is 0 Å². The van der Waals surface area contributed by atoms with Gasteiger partial charge in [-0.1, -0.05) is 0 Å². The summed E-state index contributed by atoms with van der Waals surface area (Å²) in [6.07, 6.45) is -8.21. The summed E-state index contributed by atoms with van der Waals surface area (Å²) in [5, 5.41) is 10.0. The third-order valence-corrected chi connectivity index (χ3v) is 4.99. The van der Waals surface area contributed by atoms with Gasteiger partial charge in [-0.05, 0) is 38.8 Å². The molecule has 1 saturated carbocycles. The van der Waals surface area contributed by atoms with E-state index >= 15 is 0 Å². The van der Waals surface area contributed by atoms with Crippen LogP contribution in [0.15, 0.2) is 0 Å². The monoisotopic (exact) mass is 406 g/mol. The Morgan fingerprint density at radius 1 is 1.00 bits per heavy atom. The van der Waals surface area contributed by atoms with Gasteiger partial charge >= 0.3 is 18.3 Å². The number of carboxylic acid groups (broad SMARTS) is 1. The van der Waals surface area contributed by atoms with Crippen molar-refractivity contribution in [3.8, 4) is 0 Å². The van der Waals surface area contributed by atoms with Crippen molar-refractivity contribution in [3.05, 3.63) is 0 Å². The van der Waals surface area contributed by atoms with Crippen LogP contribution in [-0.4, -0.2) is 72.6 Å². The second-order valence-corrected chi connectivity index (χ2v) is 6.89. The number of halogens is 6. The molecular weight excluding hydrogens is 386 g/mol. The molecule has 3 rings (SSSR count). The maximum atomic E-state index is 13.5. The first kappa shape index (κ1) is 21.7. The van der Waals surface area contributed by atoms with Crippen LogP contribution in [0, 0.1) is 5.41 Å². The first-order chi connectivity index (χ1) is 12.3. The zero-order chi connectivity index (χ0) is 20.5. The van der Waals surface area contributed by atoms with Crippen LogP contribution < -0.4 is 5.32 Å². The summed E-state index contributed by atoms with van der Waals surface area (Å²) in [5.74, 6) is -3.51. The smallest absolute Gasteiger partial charge is 0.475 e. The Labute approximate surface area is 150 Å². The second-order valence-electron chi connectivity index (χ2n) is 6.89. The number of carbonyl (C=O) groups excluding carboxylic acids is 1. The van der Waals surface area contributed by atoms with Gasteiger partial charge in [0.05, 0.1) is 12.2 Å². The number of hydrogen-bond donors (Lipinski definition) is 2. The van der Waals surface area contributed by atoms with Crippen LogP contribution in [0.5, 0.6) is 0 Å².